The molecule has 0 unspecified atom stereocenters. The van der Waals surface area contributed by atoms with Crippen molar-refractivity contribution in [2.75, 3.05) is 19.0 Å². The lowest BCUT2D eigenvalue weighted by atomic mass is 10.1. The van der Waals surface area contributed by atoms with Crippen LogP contribution in [0.15, 0.2) is 24.3 Å². The zero-order valence-electron chi connectivity index (χ0n) is 9.87. The fourth-order valence-electron chi connectivity index (χ4n) is 1.53. The summed E-state index contributed by atoms with van der Waals surface area (Å²) in [5.41, 5.74) is 1.92. The highest BCUT2D eigenvalue weighted by molar-refractivity contribution is 6.17. The van der Waals surface area contributed by atoms with Gasteiger partial charge in [-0.2, -0.15) is 0 Å². The molecule has 0 spiro atoms. The lowest BCUT2D eigenvalue weighted by molar-refractivity contribution is 0.0765. The van der Waals surface area contributed by atoms with Crippen molar-refractivity contribution in [3.63, 3.8) is 0 Å². The van der Waals surface area contributed by atoms with Gasteiger partial charge < -0.3 is 4.90 Å². The van der Waals surface area contributed by atoms with Crippen molar-refractivity contribution >= 4 is 17.5 Å². The van der Waals surface area contributed by atoms with Crippen LogP contribution in [0.4, 0.5) is 0 Å². The first-order valence-electron chi connectivity index (χ1n) is 5.61. The van der Waals surface area contributed by atoms with Gasteiger partial charge in [-0.05, 0) is 32.4 Å². The SMILES string of the molecule is CCN(CCCCl)C(=O)c1ccc(C)cc1. The molecule has 1 aromatic rings. The lowest BCUT2D eigenvalue weighted by Gasteiger charge is -2.20. The number of alkyl halides is 1. The normalized spacial score (nSPS) is 10.2. The first-order valence-corrected chi connectivity index (χ1v) is 6.14. The Bertz CT molecular complexity index is 334. The van der Waals surface area contributed by atoms with Crippen molar-refractivity contribution in [1.82, 2.24) is 4.90 Å². The summed E-state index contributed by atoms with van der Waals surface area (Å²) in [5, 5.41) is 0. The predicted octanol–water partition coefficient (Wildman–Crippen LogP) is 3.09. The summed E-state index contributed by atoms with van der Waals surface area (Å²) in [6.07, 6.45) is 0.840. The molecule has 88 valence electrons. The number of nitrogens with zero attached hydrogens (tertiary/aromatic N) is 1. The second-order valence-corrected chi connectivity index (χ2v) is 4.17. The monoisotopic (exact) mass is 239 g/mol. The van der Waals surface area contributed by atoms with Crippen molar-refractivity contribution in [1.29, 1.82) is 0 Å². The first kappa shape index (κ1) is 13.0. The highest BCUT2D eigenvalue weighted by atomic mass is 35.5. The van der Waals surface area contributed by atoms with Crippen LogP contribution in [0.5, 0.6) is 0 Å². The van der Waals surface area contributed by atoms with Gasteiger partial charge in [-0.1, -0.05) is 17.7 Å². The van der Waals surface area contributed by atoms with Crippen LogP contribution in [0.2, 0.25) is 0 Å². The minimum Gasteiger partial charge on any atom is -0.339 e. The molecule has 0 saturated carbocycles. The second kappa shape index (κ2) is 6.54. The highest BCUT2D eigenvalue weighted by Gasteiger charge is 2.12. The fraction of sp³-hybridized carbons (Fsp3) is 0.462. The van der Waals surface area contributed by atoms with Gasteiger partial charge in [-0.25, -0.2) is 0 Å². The Morgan fingerprint density at radius 3 is 2.44 bits per heavy atom. The quantitative estimate of drug-likeness (QED) is 0.724. The molecule has 1 aromatic carbocycles. The number of carbonyl (C=O) groups excluding carboxylic acids is 1. The molecule has 0 bridgehead atoms. The Kier molecular flexibility index (Phi) is 5.33. The molecule has 16 heavy (non-hydrogen) atoms. The molecular weight excluding hydrogens is 222 g/mol. The summed E-state index contributed by atoms with van der Waals surface area (Å²) in [7, 11) is 0. The number of amides is 1. The van der Waals surface area contributed by atoms with Crippen LogP contribution in [0.1, 0.15) is 29.3 Å². The Hall–Kier alpha value is -1.02. The molecule has 1 amide bonds. The lowest BCUT2D eigenvalue weighted by Crippen LogP contribution is -2.31. The number of hydrogen-bond donors (Lipinski definition) is 0. The molecule has 0 aromatic heterocycles. The topological polar surface area (TPSA) is 20.3 Å². The fourth-order valence-corrected chi connectivity index (χ4v) is 1.65. The molecule has 0 heterocycles. The molecule has 0 saturated heterocycles. The van der Waals surface area contributed by atoms with Gasteiger partial charge in [-0.3, -0.25) is 4.79 Å². The summed E-state index contributed by atoms with van der Waals surface area (Å²) < 4.78 is 0. The third-order valence-corrected chi connectivity index (χ3v) is 2.80. The van der Waals surface area contributed by atoms with Crippen LogP contribution in [-0.4, -0.2) is 29.8 Å². The molecule has 0 N–H and O–H groups in total. The molecule has 3 heteroatoms. The number of hydrogen-bond acceptors (Lipinski definition) is 1. The summed E-state index contributed by atoms with van der Waals surface area (Å²) >= 11 is 5.64. The molecule has 0 aliphatic heterocycles. The largest absolute Gasteiger partial charge is 0.339 e. The number of benzene rings is 1. The van der Waals surface area contributed by atoms with Gasteiger partial charge in [0.25, 0.3) is 5.91 Å². The van der Waals surface area contributed by atoms with Gasteiger partial charge in [0, 0.05) is 24.5 Å². The van der Waals surface area contributed by atoms with E-state index >= 15 is 0 Å². The van der Waals surface area contributed by atoms with Crippen molar-refractivity contribution in [2.24, 2.45) is 0 Å². The minimum absolute atomic E-state index is 0.0904. The van der Waals surface area contributed by atoms with E-state index in [2.05, 4.69) is 0 Å². The third kappa shape index (κ3) is 3.53. The van der Waals surface area contributed by atoms with E-state index in [-0.39, 0.29) is 5.91 Å². The van der Waals surface area contributed by atoms with E-state index in [1.165, 1.54) is 5.56 Å². The van der Waals surface area contributed by atoms with Crippen molar-refractivity contribution < 1.29 is 4.79 Å². The predicted molar refractivity (Wildman–Crippen MR) is 68.1 cm³/mol. The highest BCUT2D eigenvalue weighted by Crippen LogP contribution is 2.07. The maximum absolute atomic E-state index is 12.1. The summed E-state index contributed by atoms with van der Waals surface area (Å²) in [6, 6.07) is 7.67. The number of carbonyl (C=O) groups is 1. The van der Waals surface area contributed by atoms with E-state index in [4.69, 9.17) is 11.6 Å². The van der Waals surface area contributed by atoms with E-state index in [1.807, 2.05) is 43.0 Å². The maximum atomic E-state index is 12.1. The summed E-state index contributed by atoms with van der Waals surface area (Å²) in [4.78, 5) is 13.9. The van der Waals surface area contributed by atoms with Gasteiger partial charge >= 0.3 is 0 Å². The summed E-state index contributed by atoms with van der Waals surface area (Å²) in [5.74, 6) is 0.685. The van der Waals surface area contributed by atoms with Crippen molar-refractivity contribution in [3.05, 3.63) is 35.4 Å². The Balaban J connectivity index is 2.70. The van der Waals surface area contributed by atoms with Crippen LogP contribution in [-0.2, 0) is 0 Å². The van der Waals surface area contributed by atoms with Crippen LogP contribution in [0, 0.1) is 6.92 Å². The van der Waals surface area contributed by atoms with Gasteiger partial charge in [0.15, 0.2) is 0 Å². The smallest absolute Gasteiger partial charge is 0.253 e. The molecule has 0 radical (unpaired) electrons. The van der Waals surface area contributed by atoms with E-state index in [0.717, 1.165) is 25.1 Å². The molecule has 2 nitrogen and oxygen atoms in total. The molecular formula is C13H18ClNO. The zero-order valence-corrected chi connectivity index (χ0v) is 10.6. The minimum atomic E-state index is 0.0904. The summed E-state index contributed by atoms with van der Waals surface area (Å²) in [6.45, 7) is 5.45. The number of aryl methyl sites for hydroxylation is 1. The van der Waals surface area contributed by atoms with Crippen LogP contribution < -0.4 is 0 Å². The van der Waals surface area contributed by atoms with E-state index in [0.29, 0.717) is 5.88 Å². The van der Waals surface area contributed by atoms with Gasteiger partial charge in [0.1, 0.15) is 0 Å². The average Bonchev–Trinajstić information content (AvgIpc) is 2.30. The van der Waals surface area contributed by atoms with E-state index < -0.39 is 0 Å². The van der Waals surface area contributed by atoms with Crippen LogP contribution in [0.3, 0.4) is 0 Å². The van der Waals surface area contributed by atoms with Crippen molar-refractivity contribution in [2.45, 2.75) is 20.3 Å². The molecule has 0 fully saturated rings. The van der Waals surface area contributed by atoms with E-state index in [1.54, 1.807) is 0 Å². The maximum Gasteiger partial charge on any atom is 0.253 e. The van der Waals surface area contributed by atoms with Gasteiger partial charge in [-0.15, -0.1) is 11.6 Å². The Morgan fingerprint density at radius 2 is 1.94 bits per heavy atom. The molecule has 0 aliphatic rings. The van der Waals surface area contributed by atoms with Gasteiger partial charge in [0.05, 0.1) is 0 Å². The standard InChI is InChI=1S/C13H18ClNO/c1-3-15(10-4-9-14)13(16)12-7-5-11(2)6-8-12/h5-8H,3-4,9-10H2,1-2H3. The molecule has 1 rings (SSSR count). The Labute approximate surface area is 102 Å². The van der Waals surface area contributed by atoms with Crippen LogP contribution in [0.25, 0.3) is 0 Å². The zero-order chi connectivity index (χ0) is 12.0. The second-order valence-electron chi connectivity index (χ2n) is 3.79. The molecule has 0 atom stereocenters. The first-order chi connectivity index (χ1) is 7.69. The number of halogens is 1. The Morgan fingerprint density at radius 1 is 1.31 bits per heavy atom. The molecule has 0 aliphatic carbocycles. The average molecular weight is 240 g/mol. The van der Waals surface area contributed by atoms with Gasteiger partial charge in [0.2, 0.25) is 0 Å². The van der Waals surface area contributed by atoms with Crippen LogP contribution >= 0.6 is 11.6 Å². The van der Waals surface area contributed by atoms with Crippen molar-refractivity contribution in [3.8, 4) is 0 Å². The number of rotatable bonds is 5. The van der Waals surface area contributed by atoms with E-state index in [9.17, 15) is 4.79 Å². The third-order valence-electron chi connectivity index (χ3n) is 2.53.